The van der Waals surface area contributed by atoms with Crippen LogP contribution in [0.4, 0.5) is 0 Å². The SMILES string of the molecule is Cc1ccc(SC2CCC(N)C2C)cc1. The summed E-state index contributed by atoms with van der Waals surface area (Å²) in [7, 11) is 0. The van der Waals surface area contributed by atoms with Crippen molar-refractivity contribution in [2.45, 2.75) is 42.9 Å². The van der Waals surface area contributed by atoms with Crippen LogP contribution in [-0.4, -0.2) is 11.3 Å². The maximum atomic E-state index is 6.03. The lowest BCUT2D eigenvalue weighted by atomic mass is 10.1. The van der Waals surface area contributed by atoms with Gasteiger partial charge >= 0.3 is 0 Å². The zero-order valence-electron chi connectivity index (χ0n) is 9.44. The van der Waals surface area contributed by atoms with E-state index in [9.17, 15) is 0 Å². The molecule has 0 aliphatic heterocycles. The molecule has 1 nitrogen and oxygen atoms in total. The fraction of sp³-hybridized carbons (Fsp3) is 0.538. The van der Waals surface area contributed by atoms with E-state index < -0.39 is 0 Å². The van der Waals surface area contributed by atoms with Gasteiger partial charge in [0.25, 0.3) is 0 Å². The molecule has 2 rings (SSSR count). The van der Waals surface area contributed by atoms with Crippen LogP contribution in [0, 0.1) is 12.8 Å². The van der Waals surface area contributed by atoms with Crippen LogP contribution < -0.4 is 5.73 Å². The van der Waals surface area contributed by atoms with Gasteiger partial charge in [-0.25, -0.2) is 0 Å². The quantitative estimate of drug-likeness (QED) is 0.830. The largest absolute Gasteiger partial charge is 0.327 e. The molecule has 1 aliphatic carbocycles. The van der Waals surface area contributed by atoms with Crippen LogP contribution in [0.5, 0.6) is 0 Å². The molecular weight excluding hydrogens is 202 g/mol. The van der Waals surface area contributed by atoms with E-state index in [-0.39, 0.29) is 0 Å². The predicted molar refractivity (Wildman–Crippen MR) is 67.2 cm³/mol. The summed E-state index contributed by atoms with van der Waals surface area (Å²) in [6.45, 7) is 4.41. The van der Waals surface area contributed by atoms with Gasteiger partial charge in [-0.2, -0.15) is 0 Å². The highest BCUT2D eigenvalue weighted by Gasteiger charge is 2.30. The molecule has 3 unspecified atom stereocenters. The van der Waals surface area contributed by atoms with Gasteiger partial charge in [-0.15, -0.1) is 11.8 Å². The second-order valence-electron chi connectivity index (χ2n) is 4.57. The molecule has 1 fully saturated rings. The van der Waals surface area contributed by atoms with E-state index in [4.69, 9.17) is 5.73 Å². The maximum Gasteiger partial charge on any atom is 0.0135 e. The highest BCUT2D eigenvalue weighted by atomic mass is 32.2. The molecule has 0 spiro atoms. The first kappa shape index (κ1) is 11.0. The van der Waals surface area contributed by atoms with Gasteiger partial charge in [0.1, 0.15) is 0 Å². The first-order chi connectivity index (χ1) is 7.16. The van der Waals surface area contributed by atoms with Crippen LogP contribution in [0.25, 0.3) is 0 Å². The van der Waals surface area contributed by atoms with Gasteiger partial charge in [0, 0.05) is 16.2 Å². The van der Waals surface area contributed by atoms with E-state index in [0.29, 0.717) is 17.2 Å². The molecule has 82 valence electrons. The summed E-state index contributed by atoms with van der Waals surface area (Å²) in [5.41, 5.74) is 7.36. The van der Waals surface area contributed by atoms with Crippen LogP contribution in [0.3, 0.4) is 0 Å². The summed E-state index contributed by atoms with van der Waals surface area (Å²) in [5.74, 6) is 0.649. The molecule has 0 aromatic heterocycles. The summed E-state index contributed by atoms with van der Waals surface area (Å²) in [4.78, 5) is 1.38. The summed E-state index contributed by atoms with van der Waals surface area (Å²) in [6, 6.07) is 9.21. The van der Waals surface area contributed by atoms with Gasteiger partial charge in [-0.05, 0) is 37.8 Å². The molecule has 0 amide bonds. The van der Waals surface area contributed by atoms with Crippen molar-refractivity contribution >= 4 is 11.8 Å². The Balaban J connectivity index is 2.00. The lowest BCUT2D eigenvalue weighted by Gasteiger charge is -2.17. The zero-order chi connectivity index (χ0) is 10.8. The maximum absolute atomic E-state index is 6.03. The van der Waals surface area contributed by atoms with Crippen LogP contribution in [0.2, 0.25) is 0 Å². The average Bonchev–Trinajstić information content (AvgIpc) is 2.53. The Bertz CT molecular complexity index is 320. The molecular formula is C13H19NS. The molecule has 0 radical (unpaired) electrons. The number of benzene rings is 1. The average molecular weight is 221 g/mol. The summed E-state index contributed by atoms with van der Waals surface area (Å²) >= 11 is 1.99. The summed E-state index contributed by atoms with van der Waals surface area (Å²) < 4.78 is 0. The first-order valence-electron chi connectivity index (χ1n) is 5.66. The molecule has 2 N–H and O–H groups in total. The minimum absolute atomic E-state index is 0.410. The number of thioether (sulfide) groups is 1. The Labute approximate surface area is 96.4 Å². The molecule has 1 aromatic rings. The van der Waals surface area contributed by atoms with Crippen molar-refractivity contribution in [3.8, 4) is 0 Å². The molecule has 15 heavy (non-hydrogen) atoms. The predicted octanol–water partition coefficient (Wildman–Crippen LogP) is 3.21. The van der Waals surface area contributed by atoms with Crippen molar-refractivity contribution in [1.82, 2.24) is 0 Å². The summed E-state index contributed by atoms with van der Waals surface area (Å²) in [5, 5.41) is 0.711. The monoisotopic (exact) mass is 221 g/mol. The van der Waals surface area contributed by atoms with Gasteiger partial charge in [0.2, 0.25) is 0 Å². The highest BCUT2D eigenvalue weighted by molar-refractivity contribution is 8.00. The minimum atomic E-state index is 0.410. The minimum Gasteiger partial charge on any atom is -0.327 e. The molecule has 1 saturated carbocycles. The van der Waals surface area contributed by atoms with E-state index in [2.05, 4.69) is 38.1 Å². The molecule has 1 aliphatic rings. The lowest BCUT2D eigenvalue weighted by Crippen LogP contribution is -2.25. The Hall–Kier alpha value is -0.470. The van der Waals surface area contributed by atoms with Crippen molar-refractivity contribution in [3.63, 3.8) is 0 Å². The van der Waals surface area contributed by atoms with Crippen molar-refractivity contribution in [1.29, 1.82) is 0 Å². The molecule has 0 saturated heterocycles. The number of hydrogen-bond donors (Lipinski definition) is 1. The Kier molecular flexibility index (Phi) is 3.37. The molecule has 2 heteroatoms. The Morgan fingerprint density at radius 2 is 1.87 bits per heavy atom. The van der Waals surface area contributed by atoms with Gasteiger partial charge in [0.05, 0.1) is 0 Å². The Morgan fingerprint density at radius 3 is 2.40 bits per heavy atom. The normalized spacial score (nSPS) is 30.7. The standard InChI is InChI=1S/C13H19NS/c1-9-3-5-11(6-4-9)15-13-8-7-12(14)10(13)2/h3-6,10,12-13H,7-8,14H2,1-2H3. The van der Waals surface area contributed by atoms with Crippen molar-refractivity contribution in [2.24, 2.45) is 11.7 Å². The van der Waals surface area contributed by atoms with Gasteiger partial charge in [-0.3, -0.25) is 0 Å². The van der Waals surface area contributed by atoms with Gasteiger partial charge < -0.3 is 5.73 Å². The van der Waals surface area contributed by atoms with Crippen LogP contribution in [-0.2, 0) is 0 Å². The van der Waals surface area contributed by atoms with Crippen molar-refractivity contribution in [2.75, 3.05) is 0 Å². The smallest absolute Gasteiger partial charge is 0.0135 e. The third-order valence-corrected chi connectivity index (χ3v) is 4.87. The van der Waals surface area contributed by atoms with E-state index in [1.54, 1.807) is 0 Å². The second kappa shape index (κ2) is 4.58. The fourth-order valence-electron chi connectivity index (χ4n) is 2.12. The number of aryl methyl sites for hydroxylation is 1. The molecule has 1 aromatic carbocycles. The fourth-order valence-corrected chi connectivity index (χ4v) is 3.43. The van der Waals surface area contributed by atoms with Crippen molar-refractivity contribution < 1.29 is 0 Å². The number of nitrogens with two attached hydrogens (primary N) is 1. The van der Waals surface area contributed by atoms with Crippen LogP contribution >= 0.6 is 11.8 Å². The molecule has 3 atom stereocenters. The first-order valence-corrected chi connectivity index (χ1v) is 6.53. The number of rotatable bonds is 2. The van der Waals surface area contributed by atoms with E-state index >= 15 is 0 Å². The third kappa shape index (κ3) is 2.56. The third-order valence-electron chi connectivity index (χ3n) is 3.35. The topological polar surface area (TPSA) is 26.0 Å². The van der Waals surface area contributed by atoms with Crippen LogP contribution in [0.15, 0.2) is 29.2 Å². The lowest BCUT2D eigenvalue weighted by molar-refractivity contribution is 0.535. The Morgan fingerprint density at radius 1 is 1.20 bits per heavy atom. The molecule has 0 bridgehead atoms. The molecule has 0 heterocycles. The van der Waals surface area contributed by atoms with Gasteiger partial charge in [0.15, 0.2) is 0 Å². The van der Waals surface area contributed by atoms with E-state index in [1.165, 1.54) is 23.3 Å². The second-order valence-corrected chi connectivity index (χ2v) is 5.88. The zero-order valence-corrected chi connectivity index (χ0v) is 10.3. The van der Waals surface area contributed by atoms with E-state index in [1.807, 2.05) is 11.8 Å². The van der Waals surface area contributed by atoms with E-state index in [0.717, 1.165) is 0 Å². The number of hydrogen-bond acceptors (Lipinski definition) is 2. The van der Waals surface area contributed by atoms with Crippen molar-refractivity contribution in [3.05, 3.63) is 29.8 Å². The highest BCUT2D eigenvalue weighted by Crippen LogP contribution is 2.38. The van der Waals surface area contributed by atoms with Crippen LogP contribution in [0.1, 0.15) is 25.3 Å². The van der Waals surface area contributed by atoms with Gasteiger partial charge in [-0.1, -0.05) is 24.6 Å². The summed E-state index contributed by atoms with van der Waals surface area (Å²) in [6.07, 6.45) is 2.45.